The van der Waals surface area contributed by atoms with Crippen LogP contribution in [0.5, 0.6) is 0 Å². The van der Waals surface area contributed by atoms with Gasteiger partial charge in [0, 0.05) is 25.6 Å². The molecule has 1 aliphatic rings. The molecule has 0 spiro atoms. The molecule has 0 aromatic rings. The minimum Gasteiger partial charge on any atom is -0.380 e. The molecule has 4 heteroatoms. The molecule has 0 amide bonds. The molecule has 94 valence electrons. The molecule has 4 nitrogen and oxygen atoms in total. The molecule has 0 saturated carbocycles. The summed E-state index contributed by atoms with van der Waals surface area (Å²) in [6.45, 7) is 8.08. The van der Waals surface area contributed by atoms with E-state index >= 15 is 0 Å². The molecule has 1 rings (SSSR count). The van der Waals surface area contributed by atoms with Gasteiger partial charge in [-0.2, -0.15) is 0 Å². The highest BCUT2D eigenvalue weighted by molar-refractivity contribution is 5.79. The van der Waals surface area contributed by atoms with Gasteiger partial charge in [0.25, 0.3) is 0 Å². The van der Waals surface area contributed by atoms with E-state index in [1.807, 2.05) is 7.05 Å². The van der Waals surface area contributed by atoms with Crippen molar-refractivity contribution in [3.63, 3.8) is 0 Å². The van der Waals surface area contributed by atoms with Crippen LogP contribution in [0.25, 0.3) is 0 Å². The second-order valence-electron chi connectivity index (χ2n) is 4.86. The van der Waals surface area contributed by atoms with Crippen LogP contribution in [0, 0.1) is 5.41 Å². The molecule has 16 heavy (non-hydrogen) atoms. The number of unbranched alkanes of at least 4 members (excludes halogenated alkanes) is 2. The SMILES string of the molecule is CCCCCNC(=NC)NCC1(C)COC1. The minimum absolute atomic E-state index is 0.293. The van der Waals surface area contributed by atoms with Gasteiger partial charge in [-0.3, -0.25) is 4.99 Å². The fourth-order valence-electron chi connectivity index (χ4n) is 1.65. The second-order valence-corrected chi connectivity index (χ2v) is 4.86. The highest BCUT2D eigenvalue weighted by Crippen LogP contribution is 2.24. The molecule has 1 heterocycles. The van der Waals surface area contributed by atoms with Gasteiger partial charge in [-0.1, -0.05) is 26.7 Å². The average Bonchev–Trinajstić information content (AvgIpc) is 2.26. The quantitative estimate of drug-likeness (QED) is 0.409. The van der Waals surface area contributed by atoms with Crippen molar-refractivity contribution >= 4 is 5.96 Å². The van der Waals surface area contributed by atoms with Gasteiger partial charge in [0.15, 0.2) is 5.96 Å². The number of ether oxygens (including phenoxy) is 1. The van der Waals surface area contributed by atoms with E-state index in [-0.39, 0.29) is 0 Å². The maximum atomic E-state index is 5.22. The van der Waals surface area contributed by atoms with E-state index in [1.54, 1.807) is 0 Å². The van der Waals surface area contributed by atoms with Crippen molar-refractivity contribution in [2.24, 2.45) is 10.4 Å². The van der Waals surface area contributed by atoms with Crippen molar-refractivity contribution in [1.29, 1.82) is 0 Å². The van der Waals surface area contributed by atoms with Crippen LogP contribution in [-0.2, 0) is 4.74 Å². The molecular weight excluding hydrogens is 202 g/mol. The van der Waals surface area contributed by atoms with Crippen molar-refractivity contribution in [3.05, 3.63) is 0 Å². The highest BCUT2D eigenvalue weighted by Gasteiger charge is 2.33. The Morgan fingerprint density at radius 3 is 2.56 bits per heavy atom. The predicted molar refractivity (Wildman–Crippen MR) is 67.8 cm³/mol. The van der Waals surface area contributed by atoms with Crippen LogP contribution in [0.4, 0.5) is 0 Å². The first-order valence-corrected chi connectivity index (χ1v) is 6.22. The molecule has 0 bridgehead atoms. The van der Waals surface area contributed by atoms with Crippen LogP contribution in [0.1, 0.15) is 33.1 Å². The van der Waals surface area contributed by atoms with Crippen LogP contribution in [0.2, 0.25) is 0 Å². The Balaban J connectivity index is 2.12. The van der Waals surface area contributed by atoms with E-state index in [0.29, 0.717) is 5.41 Å². The van der Waals surface area contributed by atoms with Crippen LogP contribution in [-0.4, -0.2) is 39.3 Å². The maximum absolute atomic E-state index is 5.22. The Hall–Kier alpha value is -0.770. The number of aliphatic imine (C=N–C) groups is 1. The number of rotatable bonds is 6. The average molecular weight is 227 g/mol. The first-order valence-electron chi connectivity index (χ1n) is 6.22. The Labute approximate surface area is 98.9 Å². The first-order chi connectivity index (χ1) is 7.70. The minimum atomic E-state index is 0.293. The third-order valence-electron chi connectivity index (χ3n) is 2.88. The lowest BCUT2D eigenvalue weighted by Crippen LogP contribution is -2.51. The molecule has 0 aromatic heterocycles. The Kier molecular flexibility index (Phi) is 5.60. The number of nitrogens with one attached hydrogen (secondary N) is 2. The predicted octanol–water partition coefficient (Wildman–Crippen LogP) is 1.38. The van der Waals surface area contributed by atoms with Gasteiger partial charge in [0.05, 0.1) is 13.2 Å². The zero-order chi connectivity index (χ0) is 11.9. The lowest BCUT2D eigenvalue weighted by Gasteiger charge is -2.38. The van der Waals surface area contributed by atoms with Gasteiger partial charge >= 0.3 is 0 Å². The molecule has 1 fully saturated rings. The van der Waals surface area contributed by atoms with E-state index in [9.17, 15) is 0 Å². The van der Waals surface area contributed by atoms with Gasteiger partial charge < -0.3 is 15.4 Å². The summed E-state index contributed by atoms with van der Waals surface area (Å²) >= 11 is 0. The molecule has 1 aliphatic heterocycles. The smallest absolute Gasteiger partial charge is 0.190 e. The zero-order valence-electron chi connectivity index (χ0n) is 10.8. The molecular formula is C12H25N3O. The summed E-state index contributed by atoms with van der Waals surface area (Å²) in [5, 5.41) is 6.67. The van der Waals surface area contributed by atoms with E-state index in [2.05, 4.69) is 29.5 Å². The molecule has 2 N–H and O–H groups in total. The van der Waals surface area contributed by atoms with Gasteiger partial charge in [-0.05, 0) is 6.42 Å². The maximum Gasteiger partial charge on any atom is 0.190 e. The number of hydrogen-bond acceptors (Lipinski definition) is 2. The fourth-order valence-corrected chi connectivity index (χ4v) is 1.65. The summed E-state index contributed by atoms with van der Waals surface area (Å²) in [7, 11) is 1.81. The zero-order valence-corrected chi connectivity index (χ0v) is 10.8. The second kappa shape index (κ2) is 6.74. The molecule has 0 radical (unpaired) electrons. The summed E-state index contributed by atoms with van der Waals surface area (Å²) in [5.74, 6) is 0.907. The standard InChI is InChI=1S/C12H25N3O/c1-4-5-6-7-14-11(13-3)15-8-12(2)9-16-10-12/h4-10H2,1-3H3,(H2,13,14,15). The lowest BCUT2D eigenvalue weighted by atomic mass is 9.89. The molecule has 1 saturated heterocycles. The Morgan fingerprint density at radius 1 is 1.31 bits per heavy atom. The third kappa shape index (κ3) is 4.39. The van der Waals surface area contributed by atoms with Crippen LogP contribution in [0.15, 0.2) is 4.99 Å². The first kappa shape index (κ1) is 13.3. The largest absolute Gasteiger partial charge is 0.380 e. The van der Waals surface area contributed by atoms with Crippen molar-refractivity contribution < 1.29 is 4.74 Å². The van der Waals surface area contributed by atoms with Crippen LogP contribution < -0.4 is 10.6 Å². The van der Waals surface area contributed by atoms with E-state index in [0.717, 1.165) is 32.3 Å². The number of hydrogen-bond donors (Lipinski definition) is 2. The highest BCUT2D eigenvalue weighted by atomic mass is 16.5. The van der Waals surface area contributed by atoms with Crippen molar-refractivity contribution in [2.45, 2.75) is 33.1 Å². The Bertz CT molecular complexity index is 224. The summed E-state index contributed by atoms with van der Waals surface area (Å²) in [5.41, 5.74) is 0.293. The molecule has 0 aliphatic carbocycles. The van der Waals surface area contributed by atoms with Crippen molar-refractivity contribution in [2.75, 3.05) is 33.4 Å². The van der Waals surface area contributed by atoms with E-state index in [4.69, 9.17) is 4.74 Å². The summed E-state index contributed by atoms with van der Waals surface area (Å²) in [6, 6.07) is 0. The van der Waals surface area contributed by atoms with E-state index in [1.165, 1.54) is 19.3 Å². The van der Waals surface area contributed by atoms with E-state index < -0.39 is 0 Å². The van der Waals surface area contributed by atoms with Gasteiger partial charge in [-0.15, -0.1) is 0 Å². The lowest BCUT2D eigenvalue weighted by molar-refractivity contribution is -0.0971. The molecule has 0 atom stereocenters. The number of nitrogens with zero attached hydrogens (tertiary/aromatic N) is 1. The summed E-state index contributed by atoms with van der Waals surface area (Å²) in [4.78, 5) is 4.20. The monoisotopic (exact) mass is 227 g/mol. The van der Waals surface area contributed by atoms with Crippen LogP contribution in [0.3, 0.4) is 0 Å². The third-order valence-corrected chi connectivity index (χ3v) is 2.88. The van der Waals surface area contributed by atoms with Gasteiger partial charge in [0.2, 0.25) is 0 Å². The molecule has 0 unspecified atom stereocenters. The topological polar surface area (TPSA) is 45.7 Å². The summed E-state index contributed by atoms with van der Waals surface area (Å²) in [6.07, 6.45) is 3.73. The van der Waals surface area contributed by atoms with Gasteiger partial charge in [-0.25, -0.2) is 0 Å². The Morgan fingerprint density at radius 2 is 2.06 bits per heavy atom. The normalized spacial score (nSPS) is 19.1. The fraction of sp³-hybridized carbons (Fsp3) is 0.917. The van der Waals surface area contributed by atoms with Crippen molar-refractivity contribution in [1.82, 2.24) is 10.6 Å². The summed E-state index contributed by atoms with van der Waals surface area (Å²) < 4.78 is 5.22. The molecule has 0 aromatic carbocycles. The number of guanidine groups is 1. The van der Waals surface area contributed by atoms with Crippen molar-refractivity contribution in [3.8, 4) is 0 Å². The van der Waals surface area contributed by atoms with Gasteiger partial charge in [0.1, 0.15) is 0 Å². The van der Waals surface area contributed by atoms with Crippen LogP contribution >= 0.6 is 0 Å².